The molecule has 6 nitrogen and oxygen atoms in total. The molecule has 0 saturated carbocycles. The summed E-state index contributed by atoms with van der Waals surface area (Å²) in [5, 5.41) is 0. The molecule has 132 valence electrons. The minimum absolute atomic E-state index is 0.745. The van der Waals surface area contributed by atoms with Crippen LogP contribution in [-0.4, -0.2) is 47.1 Å². The summed E-state index contributed by atoms with van der Waals surface area (Å²) in [4.78, 5) is 21.2. The van der Waals surface area contributed by atoms with E-state index in [4.69, 9.17) is 4.98 Å². The summed E-state index contributed by atoms with van der Waals surface area (Å²) in [5.41, 5.74) is 5.24. The van der Waals surface area contributed by atoms with Crippen molar-refractivity contribution in [1.82, 2.24) is 19.9 Å². The maximum Gasteiger partial charge on any atom is 0.227 e. The van der Waals surface area contributed by atoms with E-state index in [1.165, 1.54) is 11.3 Å². The second-order valence-corrected chi connectivity index (χ2v) is 6.30. The van der Waals surface area contributed by atoms with E-state index in [2.05, 4.69) is 77.0 Å². The molecule has 0 bridgehead atoms. The van der Waals surface area contributed by atoms with Gasteiger partial charge in [0, 0.05) is 32.9 Å². The van der Waals surface area contributed by atoms with Crippen molar-refractivity contribution in [2.24, 2.45) is 0 Å². The Morgan fingerprint density at radius 3 is 2.32 bits per heavy atom. The number of hydrogen-bond donors (Lipinski definition) is 1. The quantitative estimate of drug-likeness (QED) is 0.717. The Hall–Kier alpha value is -2.63. The minimum Gasteiger partial charge on any atom is -0.378 e. The van der Waals surface area contributed by atoms with Crippen LogP contribution in [0.15, 0.2) is 30.6 Å². The van der Waals surface area contributed by atoms with Crippen molar-refractivity contribution in [2.75, 3.05) is 37.0 Å². The number of rotatable bonds is 7. The van der Waals surface area contributed by atoms with Crippen LogP contribution in [0.2, 0.25) is 0 Å². The number of H-pyrrole nitrogens is 1. The molecule has 0 radical (unpaired) electrons. The van der Waals surface area contributed by atoms with Crippen molar-refractivity contribution in [3.8, 4) is 0 Å². The van der Waals surface area contributed by atoms with Gasteiger partial charge in [-0.15, -0.1) is 0 Å². The summed E-state index contributed by atoms with van der Waals surface area (Å²) in [6.45, 7) is 6.01. The van der Waals surface area contributed by atoms with Crippen LogP contribution in [0.1, 0.15) is 25.1 Å². The summed E-state index contributed by atoms with van der Waals surface area (Å²) < 4.78 is 0. The lowest BCUT2D eigenvalue weighted by Gasteiger charge is -2.19. The van der Waals surface area contributed by atoms with E-state index >= 15 is 0 Å². The van der Waals surface area contributed by atoms with Crippen LogP contribution in [0.5, 0.6) is 0 Å². The molecule has 2 heterocycles. The lowest BCUT2D eigenvalue weighted by atomic mass is 10.1. The zero-order chi connectivity index (χ0) is 17.8. The second-order valence-electron chi connectivity index (χ2n) is 6.30. The monoisotopic (exact) mass is 338 g/mol. The standard InChI is InChI=1S/C19H26N6/c1-5-25(6-2)19-22-16(17-18(23-19)21-13-20-17)12-9-14-7-10-15(11-8-14)24(3)4/h7-8,10-11,13H,5-6,9,12H2,1-4H3,(H,20,21,22,23). The van der Waals surface area contributed by atoms with Gasteiger partial charge in [0.05, 0.1) is 12.0 Å². The average molecular weight is 338 g/mol. The van der Waals surface area contributed by atoms with E-state index in [1.807, 2.05) is 0 Å². The van der Waals surface area contributed by atoms with Crippen LogP contribution in [0.3, 0.4) is 0 Å². The number of aromatic amines is 1. The number of nitrogens with zero attached hydrogens (tertiary/aromatic N) is 5. The molecule has 0 aliphatic heterocycles. The number of imidazole rings is 1. The van der Waals surface area contributed by atoms with Gasteiger partial charge < -0.3 is 14.8 Å². The Morgan fingerprint density at radius 2 is 1.68 bits per heavy atom. The molecule has 0 amide bonds. The summed E-state index contributed by atoms with van der Waals surface area (Å²) in [7, 11) is 4.11. The van der Waals surface area contributed by atoms with Gasteiger partial charge in [0.1, 0.15) is 5.52 Å². The van der Waals surface area contributed by atoms with Crippen molar-refractivity contribution < 1.29 is 0 Å². The topological polar surface area (TPSA) is 60.9 Å². The number of anilines is 2. The highest BCUT2D eigenvalue weighted by Gasteiger charge is 2.13. The fraction of sp³-hybridized carbons (Fsp3) is 0.421. The van der Waals surface area contributed by atoms with Crippen molar-refractivity contribution in [2.45, 2.75) is 26.7 Å². The molecule has 3 aromatic rings. The zero-order valence-electron chi connectivity index (χ0n) is 15.5. The Morgan fingerprint density at radius 1 is 0.960 bits per heavy atom. The first-order valence-electron chi connectivity index (χ1n) is 8.83. The Labute approximate surface area is 148 Å². The van der Waals surface area contributed by atoms with Gasteiger partial charge in [-0.3, -0.25) is 0 Å². The summed E-state index contributed by atoms with van der Waals surface area (Å²) in [5.74, 6) is 0.766. The van der Waals surface area contributed by atoms with E-state index in [0.717, 1.165) is 48.7 Å². The van der Waals surface area contributed by atoms with Gasteiger partial charge in [0.15, 0.2) is 5.65 Å². The number of hydrogen-bond acceptors (Lipinski definition) is 5. The largest absolute Gasteiger partial charge is 0.378 e. The van der Waals surface area contributed by atoms with E-state index < -0.39 is 0 Å². The number of benzene rings is 1. The predicted molar refractivity (Wildman–Crippen MR) is 103 cm³/mol. The van der Waals surface area contributed by atoms with Crippen LogP contribution >= 0.6 is 0 Å². The molecule has 0 atom stereocenters. The lowest BCUT2D eigenvalue weighted by Crippen LogP contribution is -2.24. The van der Waals surface area contributed by atoms with Gasteiger partial charge in [-0.05, 0) is 44.4 Å². The van der Waals surface area contributed by atoms with Gasteiger partial charge in [-0.25, -0.2) is 9.97 Å². The SMILES string of the molecule is CCN(CC)c1nc(CCc2ccc(N(C)C)cc2)c2[nH]cnc2n1. The average Bonchev–Trinajstić information content (AvgIpc) is 3.10. The van der Waals surface area contributed by atoms with Crippen LogP contribution < -0.4 is 9.80 Å². The fourth-order valence-electron chi connectivity index (χ4n) is 2.93. The second kappa shape index (κ2) is 7.51. The van der Waals surface area contributed by atoms with E-state index in [0.29, 0.717) is 0 Å². The maximum atomic E-state index is 4.81. The van der Waals surface area contributed by atoms with Crippen LogP contribution in [0.4, 0.5) is 11.6 Å². The maximum absolute atomic E-state index is 4.81. The predicted octanol–water partition coefficient (Wildman–Crippen LogP) is 3.05. The Kier molecular flexibility index (Phi) is 5.16. The molecular weight excluding hydrogens is 312 g/mol. The number of aromatic nitrogens is 4. The number of nitrogens with one attached hydrogen (secondary N) is 1. The molecule has 0 fully saturated rings. The third kappa shape index (κ3) is 3.73. The van der Waals surface area contributed by atoms with Crippen molar-refractivity contribution >= 4 is 22.8 Å². The summed E-state index contributed by atoms with van der Waals surface area (Å²) in [6, 6.07) is 8.68. The molecule has 25 heavy (non-hydrogen) atoms. The highest BCUT2D eigenvalue weighted by molar-refractivity contribution is 5.74. The third-order valence-corrected chi connectivity index (χ3v) is 4.50. The highest BCUT2D eigenvalue weighted by atomic mass is 15.3. The van der Waals surface area contributed by atoms with Gasteiger partial charge in [0.2, 0.25) is 5.95 Å². The van der Waals surface area contributed by atoms with Crippen molar-refractivity contribution in [3.63, 3.8) is 0 Å². The fourth-order valence-corrected chi connectivity index (χ4v) is 2.93. The van der Waals surface area contributed by atoms with Gasteiger partial charge >= 0.3 is 0 Å². The van der Waals surface area contributed by atoms with E-state index in [9.17, 15) is 0 Å². The molecule has 2 aromatic heterocycles. The van der Waals surface area contributed by atoms with E-state index in [1.54, 1.807) is 6.33 Å². The summed E-state index contributed by atoms with van der Waals surface area (Å²) in [6.07, 6.45) is 3.49. The van der Waals surface area contributed by atoms with Gasteiger partial charge in [-0.1, -0.05) is 12.1 Å². The Balaban J connectivity index is 1.83. The van der Waals surface area contributed by atoms with Crippen LogP contribution in [-0.2, 0) is 12.8 Å². The van der Waals surface area contributed by atoms with Crippen molar-refractivity contribution in [3.05, 3.63) is 41.9 Å². The molecule has 0 aliphatic rings. The van der Waals surface area contributed by atoms with Gasteiger partial charge in [-0.2, -0.15) is 4.98 Å². The smallest absolute Gasteiger partial charge is 0.227 e. The first-order valence-corrected chi connectivity index (χ1v) is 8.83. The zero-order valence-corrected chi connectivity index (χ0v) is 15.5. The van der Waals surface area contributed by atoms with E-state index in [-0.39, 0.29) is 0 Å². The number of fused-ring (bicyclic) bond motifs is 1. The molecular formula is C19H26N6. The molecule has 1 aromatic carbocycles. The van der Waals surface area contributed by atoms with Crippen molar-refractivity contribution in [1.29, 1.82) is 0 Å². The molecule has 1 N–H and O–H groups in total. The third-order valence-electron chi connectivity index (χ3n) is 4.50. The normalized spacial score (nSPS) is 11.0. The molecule has 0 unspecified atom stereocenters. The van der Waals surface area contributed by atoms with Crippen LogP contribution in [0.25, 0.3) is 11.2 Å². The molecule has 0 spiro atoms. The molecule has 0 saturated heterocycles. The van der Waals surface area contributed by atoms with Gasteiger partial charge in [0.25, 0.3) is 0 Å². The minimum atomic E-state index is 0.745. The summed E-state index contributed by atoms with van der Waals surface area (Å²) >= 11 is 0. The molecule has 3 rings (SSSR count). The van der Waals surface area contributed by atoms with Crippen LogP contribution in [0, 0.1) is 0 Å². The number of aryl methyl sites for hydroxylation is 2. The Bertz CT molecular complexity index is 818. The molecule has 0 aliphatic carbocycles. The highest BCUT2D eigenvalue weighted by Crippen LogP contribution is 2.19. The first-order chi connectivity index (χ1) is 12.1. The first kappa shape index (κ1) is 17.2. The molecule has 6 heteroatoms. The lowest BCUT2D eigenvalue weighted by molar-refractivity contribution is 0.809.